The molecule has 8 nitrogen and oxygen atoms in total. The third-order valence-electron chi connectivity index (χ3n) is 4.25. The standard InChI is InChI=1S/C16H24ClN3O5S/c1-16(2,12-17)15(22)18-5-11-26(23,24)20-8-6-19(7-9-20)14(21)13-4-3-10-25-13/h3-4,10H,5-9,11-12H2,1-2H3,(H,18,22). The van der Waals surface area contributed by atoms with Crippen molar-refractivity contribution in [2.24, 2.45) is 5.41 Å². The summed E-state index contributed by atoms with van der Waals surface area (Å²) in [5.74, 6) is -0.328. The molecule has 1 N–H and O–H groups in total. The summed E-state index contributed by atoms with van der Waals surface area (Å²) < 4.78 is 31.3. The highest BCUT2D eigenvalue weighted by Crippen LogP contribution is 2.17. The zero-order chi connectivity index (χ0) is 19.4. The predicted molar refractivity (Wildman–Crippen MR) is 97.5 cm³/mol. The van der Waals surface area contributed by atoms with Crippen LogP contribution in [-0.4, -0.2) is 73.8 Å². The van der Waals surface area contributed by atoms with E-state index in [0.29, 0.717) is 13.1 Å². The van der Waals surface area contributed by atoms with Crippen LogP contribution in [0, 0.1) is 5.41 Å². The quantitative estimate of drug-likeness (QED) is 0.674. The van der Waals surface area contributed by atoms with Crippen LogP contribution in [-0.2, 0) is 14.8 Å². The molecule has 0 aliphatic carbocycles. The van der Waals surface area contributed by atoms with E-state index in [1.165, 1.54) is 10.6 Å². The van der Waals surface area contributed by atoms with Crippen LogP contribution in [0.1, 0.15) is 24.4 Å². The van der Waals surface area contributed by atoms with E-state index in [1.54, 1.807) is 30.9 Å². The number of halogens is 1. The lowest BCUT2D eigenvalue weighted by Crippen LogP contribution is -2.51. The monoisotopic (exact) mass is 405 g/mol. The number of nitrogens with one attached hydrogen (secondary N) is 1. The van der Waals surface area contributed by atoms with Gasteiger partial charge >= 0.3 is 0 Å². The van der Waals surface area contributed by atoms with Crippen molar-refractivity contribution in [3.05, 3.63) is 24.2 Å². The van der Waals surface area contributed by atoms with Gasteiger partial charge in [-0.15, -0.1) is 11.6 Å². The number of carbonyl (C=O) groups is 2. The van der Waals surface area contributed by atoms with Gasteiger partial charge in [-0.05, 0) is 26.0 Å². The first-order valence-electron chi connectivity index (χ1n) is 8.32. The van der Waals surface area contributed by atoms with Gasteiger partial charge in [-0.1, -0.05) is 0 Å². The molecule has 26 heavy (non-hydrogen) atoms. The molecule has 2 heterocycles. The second-order valence-corrected chi connectivity index (χ2v) is 9.11. The van der Waals surface area contributed by atoms with Crippen LogP contribution in [0.2, 0.25) is 0 Å². The fraction of sp³-hybridized carbons (Fsp3) is 0.625. The number of carbonyl (C=O) groups excluding carboxylic acids is 2. The van der Waals surface area contributed by atoms with Crippen LogP contribution in [0.4, 0.5) is 0 Å². The van der Waals surface area contributed by atoms with Gasteiger partial charge in [-0.25, -0.2) is 8.42 Å². The first-order valence-corrected chi connectivity index (χ1v) is 10.5. The molecule has 1 fully saturated rings. The minimum Gasteiger partial charge on any atom is -0.459 e. The molecule has 1 aliphatic heterocycles. The molecule has 0 atom stereocenters. The number of amides is 2. The second-order valence-electron chi connectivity index (χ2n) is 6.76. The highest BCUT2D eigenvalue weighted by Gasteiger charge is 2.31. The Morgan fingerprint density at radius 2 is 1.92 bits per heavy atom. The van der Waals surface area contributed by atoms with Crippen molar-refractivity contribution < 1.29 is 22.4 Å². The number of hydrogen-bond donors (Lipinski definition) is 1. The summed E-state index contributed by atoms with van der Waals surface area (Å²) in [5.41, 5.74) is -0.747. The Balaban J connectivity index is 1.82. The predicted octanol–water partition coefficient (Wildman–Crippen LogP) is 0.748. The van der Waals surface area contributed by atoms with E-state index >= 15 is 0 Å². The zero-order valence-corrected chi connectivity index (χ0v) is 16.5. The van der Waals surface area contributed by atoms with E-state index < -0.39 is 15.4 Å². The van der Waals surface area contributed by atoms with Gasteiger partial charge in [-0.2, -0.15) is 4.31 Å². The summed E-state index contributed by atoms with van der Waals surface area (Å²) in [4.78, 5) is 25.7. The fourth-order valence-corrected chi connectivity index (χ4v) is 3.91. The largest absolute Gasteiger partial charge is 0.459 e. The Morgan fingerprint density at radius 3 is 2.46 bits per heavy atom. The van der Waals surface area contributed by atoms with Gasteiger partial charge in [0, 0.05) is 38.6 Å². The molecule has 1 saturated heterocycles. The van der Waals surface area contributed by atoms with Gasteiger partial charge in [0.05, 0.1) is 17.4 Å². The lowest BCUT2D eigenvalue weighted by Gasteiger charge is -2.33. The van der Waals surface area contributed by atoms with Crippen LogP contribution >= 0.6 is 11.6 Å². The molecule has 2 rings (SSSR count). The SMILES string of the molecule is CC(C)(CCl)C(=O)NCCS(=O)(=O)N1CCN(C(=O)c2ccco2)CC1. The second kappa shape index (κ2) is 8.41. The third kappa shape index (κ3) is 4.99. The van der Waals surface area contributed by atoms with E-state index in [4.69, 9.17) is 16.0 Å². The highest BCUT2D eigenvalue weighted by molar-refractivity contribution is 7.89. The first-order chi connectivity index (χ1) is 12.2. The van der Waals surface area contributed by atoms with Gasteiger partial charge < -0.3 is 14.6 Å². The summed E-state index contributed by atoms with van der Waals surface area (Å²) >= 11 is 5.73. The van der Waals surface area contributed by atoms with E-state index in [2.05, 4.69) is 5.32 Å². The number of hydrogen-bond acceptors (Lipinski definition) is 5. The minimum absolute atomic E-state index is 0.0209. The maximum Gasteiger partial charge on any atom is 0.289 e. The summed E-state index contributed by atoms with van der Waals surface area (Å²) in [5, 5.41) is 2.61. The van der Waals surface area contributed by atoms with Crippen LogP contribution in [0.3, 0.4) is 0 Å². The highest BCUT2D eigenvalue weighted by atomic mass is 35.5. The summed E-state index contributed by atoms with van der Waals surface area (Å²) in [6.45, 7) is 4.44. The number of sulfonamides is 1. The zero-order valence-electron chi connectivity index (χ0n) is 14.9. The molecular weight excluding hydrogens is 382 g/mol. The molecule has 0 radical (unpaired) electrons. The number of alkyl halides is 1. The smallest absolute Gasteiger partial charge is 0.289 e. The van der Waals surface area contributed by atoms with Crippen LogP contribution in [0.5, 0.6) is 0 Å². The number of piperazine rings is 1. The summed E-state index contributed by atoms with van der Waals surface area (Å²) in [7, 11) is -3.51. The number of rotatable bonds is 7. The van der Waals surface area contributed by atoms with Crippen molar-refractivity contribution in [1.29, 1.82) is 0 Å². The molecule has 1 aliphatic rings. The van der Waals surface area contributed by atoms with Crippen molar-refractivity contribution in [2.75, 3.05) is 44.4 Å². The molecule has 0 spiro atoms. The van der Waals surface area contributed by atoms with E-state index in [1.807, 2.05) is 0 Å². The van der Waals surface area contributed by atoms with Crippen LogP contribution < -0.4 is 5.32 Å². The van der Waals surface area contributed by atoms with Crippen LogP contribution in [0.25, 0.3) is 0 Å². The Hall–Kier alpha value is -1.58. The molecule has 10 heteroatoms. The molecule has 0 saturated carbocycles. The Bertz CT molecular complexity index is 725. The van der Waals surface area contributed by atoms with Gasteiger partial charge in [0.15, 0.2) is 5.76 Å². The Kier molecular flexibility index (Phi) is 6.70. The summed E-state index contributed by atoms with van der Waals surface area (Å²) in [6, 6.07) is 3.21. The molecular formula is C16H24ClN3O5S. The third-order valence-corrected chi connectivity index (χ3v) is 6.79. The van der Waals surface area contributed by atoms with E-state index in [0.717, 1.165) is 0 Å². The van der Waals surface area contributed by atoms with E-state index in [-0.39, 0.29) is 48.8 Å². The summed E-state index contributed by atoms with van der Waals surface area (Å²) in [6.07, 6.45) is 1.42. The van der Waals surface area contributed by atoms with Crippen molar-refractivity contribution in [1.82, 2.24) is 14.5 Å². The average Bonchev–Trinajstić information content (AvgIpc) is 3.15. The Labute approximate surface area is 158 Å². The van der Waals surface area contributed by atoms with E-state index in [9.17, 15) is 18.0 Å². The molecule has 2 amide bonds. The molecule has 0 unspecified atom stereocenters. The van der Waals surface area contributed by atoms with Gasteiger partial charge in [-0.3, -0.25) is 9.59 Å². The van der Waals surface area contributed by atoms with Crippen molar-refractivity contribution in [3.8, 4) is 0 Å². The average molecular weight is 406 g/mol. The van der Waals surface area contributed by atoms with Crippen LogP contribution in [0.15, 0.2) is 22.8 Å². The van der Waals surface area contributed by atoms with Gasteiger partial charge in [0.1, 0.15) is 0 Å². The lowest BCUT2D eigenvalue weighted by molar-refractivity contribution is -0.128. The molecule has 1 aromatic heterocycles. The molecule has 0 aromatic carbocycles. The fourth-order valence-electron chi connectivity index (χ4n) is 2.45. The normalized spacial score (nSPS) is 16.5. The number of furan rings is 1. The minimum atomic E-state index is -3.51. The van der Waals surface area contributed by atoms with Crippen molar-refractivity contribution in [2.45, 2.75) is 13.8 Å². The van der Waals surface area contributed by atoms with Gasteiger partial charge in [0.25, 0.3) is 5.91 Å². The first kappa shape index (κ1) is 20.7. The van der Waals surface area contributed by atoms with Crippen molar-refractivity contribution >= 4 is 33.4 Å². The Morgan fingerprint density at radius 1 is 1.27 bits per heavy atom. The molecule has 1 aromatic rings. The lowest BCUT2D eigenvalue weighted by atomic mass is 9.95. The van der Waals surface area contributed by atoms with Gasteiger partial charge in [0.2, 0.25) is 15.9 Å². The molecule has 0 bridgehead atoms. The van der Waals surface area contributed by atoms with Crippen molar-refractivity contribution in [3.63, 3.8) is 0 Å². The molecule has 146 valence electrons. The topological polar surface area (TPSA) is 99.9 Å². The number of nitrogens with zero attached hydrogens (tertiary/aromatic N) is 2. The maximum absolute atomic E-state index is 12.4. The maximum atomic E-state index is 12.4.